The molecule has 0 radical (unpaired) electrons. The molecule has 5 heteroatoms. The molecule has 1 aromatic carbocycles. The third-order valence-corrected chi connectivity index (χ3v) is 3.29. The fourth-order valence-electron chi connectivity index (χ4n) is 1.93. The van der Waals surface area contributed by atoms with E-state index in [-0.39, 0.29) is 5.91 Å². The number of anilines is 2. The Morgan fingerprint density at radius 1 is 1.29 bits per heavy atom. The molecule has 1 amide bonds. The van der Waals surface area contributed by atoms with Gasteiger partial charge in [-0.3, -0.25) is 4.79 Å². The Kier molecular flexibility index (Phi) is 4.81. The third kappa shape index (κ3) is 3.95. The number of rotatable bonds is 4. The van der Waals surface area contributed by atoms with Crippen molar-refractivity contribution < 1.29 is 4.79 Å². The summed E-state index contributed by atoms with van der Waals surface area (Å²) in [6, 6.07) is 11.0. The van der Waals surface area contributed by atoms with Crippen molar-refractivity contribution in [3.05, 3.63) is 52.8 Å². The van der Waals surface area contributed by atoms with Gasteiger partial charge in [0.15, 0.2) is 0 Å². The smallest absolute Gasteiger partial charge is 0.255 e. The normalized spacial score (nSPS) is 10.3. The van der Waals surface area contributed by atoms with Gasteiger partial charge in [0.05, 0.1) is 0 Å². The Morgan fingerprint density at radius 2 is 2.05 bits per heavy atom. The predicted molar refractivity (Wildman–Crippen MR) is 87.3 cm³/mol. The van der Waals surface area contributed by atoms with E-state index in [1.54, 1.807) is 12.1 Å². The van der Waals surface area contributed by atoms with Gasteiger partial charge in [-0.15, -0.1) is 0 Å². The Morgan fingerprint density at radius 3 is 2.71 bits per heavy atom. The summed E-state index contributed by atoms with van der Waals surface area (Å²) in [6.45, 7) is 1.97. The minimum absolute atomic E-state index is 0.190. The van der Waals surface area contributed by atoms with Crippen molar-refractivity contribution in [2.45, 2.75) is 13.3 Å². The van der Waals surface area contributed by atoms with Crippen LogP contribution in [0, 0.1) is 0 Å². The van der Waals surface area contributed by atoms with Crippen molar-refractivity contribution in [2.75, 3.05) is 24.3 Å². The number of hydrogen-bond acceptors (Lipinski definition) is 3. The van der Waals surface area contributed by atoms with Crippen LogP contribution in [0.2, 0.25) is 5.15 Å². The van der Waals surface area contributed by atoms with Crippen molar-refractivity contribution >= 4 is 28.9 Å². The second-order valence-electron chi connectivity index (χ2n) is 4.92. The average Bonchev–Trinajstić information content (AvgIpc) is 2.46. The number of halogens is 1. The van der Waals surface area contributed by atoms with E-state index in [1.807, 2.05) is 50.2 Å². The number of nitrogens with one attached hydrogen (secondary N) is 1. The molecule has 0 aliphatic carbocycles. The van der Waals surface area contributed by atoms with Gasteiger partial charge < -0.3 is 10.2 Å². The predicted octanol–water partition coefficient (Wildman–Crippen LogP) is 3.62. The monoisotopic (exact) mass is 303 g/mol. The van der Waals surface area contributed by atoms with E-state index in [9.17, 15) is 4.79 Å². The molecule has 0 aliphatic rings. The number of aromatic nitrogens is 1. The van der Waals surface area contributed by atoms with E-state index in [0.29, 0.717) is 10.7 Å². The lowest BCUT2D eigenvalue weighted by atomic mass is 10.2. The van der Waals surface area contributed by atoms with Crippen LogP contribution in [-0.2, 0) is 6.42 Å². The van der Waals surface area contributed by atoms with Crippen LogP contribution in [0.25, 0.3) is 0 Å². The summed E-state index contributed by atoms with van der Waals surface area (Å²) < 4.78 is 0. The number of carbonyl (C=O) groups is 1. The van der Waals surface area contributed by atoms with Gasteiger partial charge in [0.25, 0.3) is 5.91 Å². The summed E-state index contributed by atoms with van der Waals surface area (Å²) in [5.74, 6) is -0.190. The minimum atomic E-state index is -0.190. The molecule has 4 nitrogen and oxygen atoms in total. The number of carbonyl (C=O) groups excluding carboxylic acids is 1. The summed E-state index contributed by atoms with van der Waals surface area (Å²) in [5, 5.41) is 3.21. The van der Waals surface area contributed by atoms with Crippen molar-refractivity contribution in [1.82, 2.24) is 4.98 Å². The highest BCUT2D eigenvalue weighted by Crippen LogP contribution is 2.19. The van der Waals surface area contributed by atoms with Gasteiger partial charge in [0, 0.05) is 36.7 Å². The second-order valence-corrected chi connectivity index (χ2v) is 5.31. The van der Waals surface area contributed by atoms with Crippen LogP contribution in [0.15, 0.2) is 36.4 Å². The van der Waals surface area contributed by atoms with Gasteiger partial charge in [-0.2, -0.15) is 0 Å². The second kappa shape index (κ2) is 6.59. The SMILES string of the molecule is CCc1cc(C(=O)Nc2cccc(N(C)C)c2)cc(Cl)n1. The zero-order chi connectivity index (χ0) is 15.4. The zero-order valence-corrected chi connectivity index (χ0v) is 13.1. The van der Waals surface area contributed by atoms with Gasteiger partial charge in [-0.25, -0.2) is 4.98 Å². The number of pyridine rings is 1. The number of nitrogens with zero attached hydrogens (tertiary/aromatic N) is 2. The largest absolute Gasteiger partial charge is 0.378 e. The summed E-state index contributed by atoms with van der Waals surface area (Å²) in [5.41, 5.74) is 3.09. The van der Waals surface area contributed by atoms with Gasteiger partial charge in [-0.05, 0) is 36.8 Å². The van der Waals surface area contributed by atoms with E-state index < -0.39 is 0 Å². The third-order valence-electron chi connectivity index (χ3n) is 3.09. The molecular formula is C16H18ClN3O. The first kappa shape index (κ1) is 15.3. The summed E-state index contributed by atoms with van der Waals surface area (Å²) in [6.07, 6.45) is 0.733. The molecule has 2 aromatic rings. The lowest BCUT2D eigenvalue weighted by molar-refractivity contribution is 0.102. The van der Waals surface area contributed by atoms with Gasteiger partial charge in [-0.1, -0.05) is 24.6 Å². The zero-order valence-electron chi connectivity index (χ0n) is 12.4. The molecule has 21 heavy (non-hydrogen) atoms. The van der Waals surface area contributed by atoms with E-state index in [4.69, 9.17) is 11.6 Å². The highest BCUT2D eigenvalue weighted by atomic mass is 35.5. The average molecular weight is 304 g/mol. The van der Waals surface area contributed by atoms with E-state index in [1.165, 1.54) is 0 Å². The van der Waals surface area contributed by atoms with Gasteiger partial charge in [0.2, 0.25) is 0 Å². The number of hydrogen-bond donors (Lipinski definition) is 1. The number of amides is 1. The maximum atomic E-state index is 12.3. The maximum Gasteiger partial charge on any atom is 0.255 e. The summed E-state index contributed by atoms with van der Waals surface area (Å²) >= 11 is 5.94. The molecule has 0 bridgehead atoms. The summed E-state index contributed by atoms with van der Waals surface area (Å²) in [4.78, 5) is 18.4. The fourth-order valence-corrected chi connectivity index (χ4v) is 2.15. The first-order valence-electron chi connectivity index (χ1n) is 6.75. The molecule has 0 fully saturated rings. The maximum absolute atomic E-state index is 12.3. The first-order chi connectivity index (χ1) is 9.99. The van der Waals surface area contributed by atoms with E-state index >= 15 is 0 Å². The van der Waals surface area contributed by atoms with Crippen LogP contribution in [0.5, 0.6) is 0 Å². The minimum Gasteiger partial charge on any atom is -0.378 e. The van der Waals surface area contributed by atoms with Crippen LogP contribution < -0.4 is 10.2 Å². The molecule has 0 atom stereocenters. The van der Waals surface area contributed by atoms with Crippen LogP contribution in [0.3, 0.4) is 0 Å². The standard InChI is InChI=1S/C16H18ClN3O/c1-4-12-8-11(9-15(17)18-12)16(21)19-13-6-5-7-14(10-13)20(2)3/h5-10H,4H2,1-3H3,(H,19,21). The number of benzene rings is 1. The molecule has 1 N–H and O–H groups in total. The molecule has 0 aliphatic heterocycles. The highest BCUT2D eigenvalue weighted by molar-refractivity contribution is 6.29. The van der Waals surface area contributed by atoms with E-state index in [0.717, 1.165) is 23.5 Å². The fraction of sp³-hybridized carbons (Fsp3) is 0.250. The van der Waals surface area contributed by atoms with Crippen molar-refractivity contribution in [3.8, 4) is 0 Å². The Bertz CT molecular complexity index is 656. The van der Waals surface area contributed by atoms with Crippen LogP contribution in [0.4, 0.5) is 11.4 Å². The number of aryl methyl sites for hydroxylation is 1. The van der Waals surface area contributed by atoms with Crippen LogP contribution in [-0.4, -0.2) is 25.0 Å². The first-order valence-corrected chi connectivity index (χ1v) is 7.12. The molecule has 110 valence electrons. The topological polar surface area (TPSA) is 45.2 Å². The van der Waals surface area contributed by atoms with Crippen molar-refractivity contribution in [1.29, 1.82) is 0 Å². The Labute approximate surface area is 129 Å². The van der Waals surface area contributed by atoms with Gasteiger partial charge in [0.1, 0.15) is 5.15 Å². The van der Waals surface area contributed by atoms with Gasteiger partial charge >= 0.3 is 0 Å². The van der Waals surface area contributed by atoms with E-state index in [2.05, 4.69) is 10.3 Å². The van der Waals surface area contributed by atoms with Crippen molar-refractivity contribution in [2.24, 2.45) is 0 Å². The molecular weight excluding hydrogens is 286 g/mol. The quantitative estimate of drug-likeness (QED) is 0.878. The lowest BCUT2D eigenvalue weighted by Crippen LogP contribution is -2.14. The highest BCUT2D eigenvalue weighted by Gasteiger charge is 2.09. The molecule has 2 rings (SSSR count). The molecule has 0 saturated carbocycles. The Hall–Kier alpha value is -2.07. The van der Waals surface area contributed by atoms with Crippen molar-refractivity contribution in [3.63, 3.8) is 0 Å². The molecule has 0 spiro atoms. The Balaban J connectivity index is 2.21. The molecule has 1 heterocycles. The summed E-state index contributed by atoms with van der Waals surface area (Å²) in [7, 11) is 3.91. The van der Waals surface area contributed by atoms with Crippen LogP contribution >= 0.6 is 11.6 Å². The lowest BCUT2D eigenvalue weighted by Gasteiger charge is -2.14. The molecule has 1 aromatic heterocycles. The molecule has 0 unspecified atom stereocenters. The molecule has 0 saturated heterocycles. The van der Waals surface area contributed by atoms with Crippen LogP contribution in [0.1, 0.15) is 23.0 Å².